The average Bonchev–Trinajstić information content (AvgIpc) is 2.01. The molecule has 0 heterocycles. The number of nitrogens with two attached hydrogens (primary N) is 1. The van der Waals surface area contributed by atoms with Gasteiger partial charge in [0.15, 0.2) is 0 Å². The van der Waals surface area contributed by atoms with E-state index in [2.05, 4.69) is 0 Å². The molecule has 66 valence electrons. The Bertz CT molecular complexity index is 380. The number of carbonyl (C=O) groups is 1. The third kappa shape index (κ3) is 2.49. The van der Waals surface area contributed by atoms with Crippen molar-refractivity contribution >= 4 is 11.7 Å². The van der Waals surface area contributed by atoms with Crippen molar-refractivity contribution in [3.8, 4) is 6.07 Å². The van der Waals surface area contributed by atoms with Crippen molar-refractivity contribution in [3.63, 3.8) is 0 Å². The van der Waals surface area contributed by atoms with Crippen LogP contribution in [0.15, 0.2) is 18.2 Å². The zero-order valence-corrected chi connectivity index (χ0v) is 6.82. The Morgan fingerprint density at radius 2 is 2.23 bits per heavy atom. The number of rotatable bonds is 2. The predicted molar refractivity (Wildman–Crippen MR) is 46.9 cm³/mol. The van der Waals surface area contributed by atoms with Crippen LogP contribution in [-0.2, 0) is 11.2 Å². The van der Waals surface area contributed by atoms with Crippen LogP contribution in [0.25, 0.3) is 0 Å². The van der Waals surface area contributed by atoms with Gasteiger partial charge < -0.3 is 10.8 Å². The minimum atomic E-state index is -0.936. The molecule has 0 bridgehead atoms. The summed E-state index contributed by atoms with van der Waals surface area (Å²) >= 11 is 0. The van der Waals surface area contributed by atoms with Crippen LogP contribution in [0.1, 0.15) is 11.1 Å². The minimum absolute atomic E-state index is 0.111. The molecular formula is C9H8N2O2. The van der Waals surface area contributed by atoms with E-state index in [1.165, 1.54) is 12.1 Å². The monoisotopic (exact) mass is 176 g/mol. The minimum Gasteiger partial charge on any atom is -0.481 e. The highest BCUT2D eigenvalue weighted by molar-refractivity contribution is 5.71. The lowest BCUT2D eigenvalue weighted by Crippen LogP contribution is -2.01. The van der Waals surface area contributed by atoms with Crippen molar-refractivity contribution < 1.29 is 9.90 Å². The van der Waals surface area contributed by atoms with E-state index in [9.17, 15) is 4.79 Å². The Morgan fingerprint density at radius 3 is 2.77 bits per heavy atom. The number of nitrogens with zero attached hydrogens (tertiary/aromatic N) is 1. The molecule has 4 nitrogen and oxygen atoms in total. The SMILES string of the molecule is N#Cc1cc(N)cc(CC(=O)O)c1. The third-order valence-electron chi connectivity index (χ3n) is 1.50. The smallest absolute Gasteiger partial charge is 0.307 e. The number of nitrogen functional groups attached to an aromatic ring is 1. The Labute approximate surface area is 75.2 Å². The summed E-state index contributed by atoms with van der Waals surface area (Å²) in [6, 6.07) is 6.48. The summed E-state index contributed by atoms with van der Waals surface area (Å²) in [5.74, 6) is -0.936. The molecular weight excluding hydrogens is 168 g/mol. The van der Waals surface area contributed by atoms with Crippen molar-refractivity contribution in [1.82, 2.24) is 0 Å². The summed E-state index contributed by atoms with van der Waals surface area (Å²) in [7, 11) is 0. The molecule has 0 spiro atoms. The van der Waals surface area contributed by atoms with Gasteiger partial charge in [0.25, 0.3) is 0 Å². The molecule has 4 heteroatoms. The molecule has 0 radical (unpaired) electrons. The topological polar surface area (TPSA) is 87.1 Å². The zero-order valence-electron chi connectivity index (χ0n) is 6.82. The average molecular weight is 176 g/mol. The Morgan fingerprint density at radius 1 is 1.54 bits per heavy atom. The van der Waals surface area contributed by atoms with Gasteiger partial charge in [0, 0.05) is 5.69 Å². The number of carboxylic acid groups (broad SMARTS) is 1. The summed E-state index contributed by atoms with van der Waals surface area (Å²) in [6.07, 6.45) is -0.111. The molecule has 0 aliphatic heterocycles. The van der Waals surface area contributed by atoms with Crippen molar-refractivity contribution in [2.45, 2.75) is 6.42 Å². The molecule has 0 aliphatic rings. The highest BCUT2D eigenvalue weighted by Gasteiger charge is 2.02. The maximum Gasteiger partial charge on any atom is 0.307 e. The fourth-order valence-corrected chi connectivity index (χ4v) is 1.06. The first kappa shape index (κ1) is 9.07. The highest BCUT2D eigenvalue weighted by Crippen LogP contribution is 2.11. The Kier molecular flexibility index (Phi) is 2.50. The third-order valence-corrected chi connectivity index (χ3v) is 1.50. The summed E-state index contributed by atoms with van der Waals surface area (Å²) in [4.78, 5) is 10.4. The van der Waals surface area contributed by atoms with Crippen LogP contribution in [0.4, 0.5) is 5.69 Å². The molecule has 0 aromatic heterocycles. The van der Waals surface area contributed by atoms with E-state index in [4.69, 9.17) is 16.1 Å². The van der Waals surface area contributed by atoms with Gasteiger partial charge in [-0.25, -0.2) is 0 Å². The van der Waals surface area contributed by atoms with Gasteiger partial charge in [-0.3, -0.25) is 4.79 Å². The van der Waals surface area contributed by atoms with Gasteiger partial charge in [-0.2, -0.15) is 5.26 Å². The first-order chi connectivity index (χ1) is 6.11. The molecule has 0 saturated heterocycles. The summed E-state index contributed by atoms with van der Waals surface area (Å²) in [6.45, 7) is 0. The molecule has 0 saturated carbocycles. The zero-order chi connectivity index (χ0) is 9.84. The van der Waals surface area contributed by atoms with E-state index in [1.807, 2.05) is 6.07 Å². The van der Waals surface area contributed by atoms with Crippen molar-refractivity contribution in [3.05, 3.63) is 29.3 Å². The molecule has 3 N–H and O–H groups in total. The molecule has 0 aliphatic carbocycles. The summed E-state index contributed by atoms with van der Waals surface area (Å²) in [5.41, 5.74) is 6.81. The van der Waals surface area contributed by atoms with E-state index < -0.39 is 5.97 Å². The van der Waals surface area contributed by atoms with Crippen LogP contribution in [-0.4, -0.2) is 11.1 Å². The maximum absolute atomic E-state index is 10.4. The van der Waals surface area contributed by atoms with Crippen molar-refractivity contribution in [2.24, 2.45) is 0 Å². The first-order valence-electron chi connectivity index (χ1n) is 3.63. The molecule has 1 aromatic rings. The fraction of sp³-hybridized carbons (Fsp3) is 0.111. The second kappa shape index (κ2) is 3.59. The highest BCUT2D eigenvalue weighted by atomic mass is 16.4. The molecule has 0 unspecified atom stereocenters. The molecule has 1 aromatic carbocycles. The van der Waals surface area contributed by atoms with E-state index in [0.29, 0.717) is 16.8 Å². The number of hydrogen-bond acceptors (Lipinski definition) is 3. The van der Waals surface area contributed by atoms with Crippen LogP contribution in [0.5, 0.6) is 0 Å². The lowest BCUT2D eigenvalue weighted by Gasteiger charge is -1.99. The molecule has 0 amide bonds. The number of aliphatic carboxylic acids is 1. The maximum atomic E-state index is 10.4. The van der Waals surface area contributed by atoms with Gasteiger partial charge in [0.2, 0.25) is 0 Å². The van der Waals surface area contributed by atoms with E-state index in [0.717, 1.165) is 0 Å². The molecule has 13 heavy (non-hydrogen) atoms. The van der Waals surface area contributed by atoms with Gasteiger partial charge in [-0.1, -0.05) is 0 Å². The van der Waals surface area contributed by atoms with Crippen LogP contribution in [0.3, 0.4) is 0 Å². The largest absolute Gasteiger partial charge is 0.481 e. The number of anilines is 1. The van der Waals surface area contributed by atoms with Gasteiger partial charge in [-0.15, -0.1) is 0 Å². The van der Waals surface area contributed by atoms with Crippen LogP contribution in [0, 0.1) is 11.3 Å². The van der Waals surface area contributed by atoms with Crippen LogP contribution in [0.2, 0.25) is 0 Å². The Hall–Kier alpha value is -2.02. The second-order valence-corrected chi connectivity index (χ2v) is 2.65. The molecule has 0 fully saturated rings. The second-order valence-electron chi connectivity index (χ2n) is 2.65. The first-order valence-corrected chi connectivity index (χ1v) is 3.63. The molecule has 0 atom stereocenters. The quantitative estimate of drug-likeness (QED) is 0.651. The van der Waals surface area contributed by atoms with E-state index in [1.54, 1.807) is 6.07 Å². The van der Waals surface area contributed by atoms with Gasteiger partial charge in [0.05, 0.1) is 18.1 Å². The lowest BCUT2D eigenvalue weighted by atomic mass is 10.1. The van der Waals surface area contributed by atoms with Crippen molar-refractivity contribution in [2.75, 3.05) is 5.73 Å². The number of hydrogen-bond donors (Lipinski definition) is 2. The van der Waals surface area contributed by atoms with E-state index >= 15 is 0 Å². The Balaban J connectivity index is 3.03. The lowest BCUT2D eigenvalue weighted by molar-refractivity contribution is -0.136. The normalized spacial score (nSPS) is 9.15. The van der Waals surface area contributed by atoms with Gasteiger partial charge in [-0.05, 0) is 23.8 Å². The predicted octanol–water partition coefficient (Wildman–Crippen LogP) is 0.768. The molecule has 1 rings (SSSR count). The standard InChI is InChI=1S/C9H8N2O2/c10-5-7-1-6(4-9(12)13)2-8(11)3-7/h1-3H,4,11H2,(H,12,13). The van der Waals surface area contributed by atoms with Gasteiger partial charge in [0.1, 0.15) is 0 Å². The van der Waals surface area contributed by atoms with E-state index in [-0.39, 0.29) is 6.42 Å². The number of carboxylic acids is 1. The fourth-order valence-electron chi connectivity index (χ4n) is 1.06. The summed E-state index contributed by atoms with van der Waals surface area (Å²) < 4.78 is 0. The van der Waals surface area contributed by atoms with Gasteiger partial charge >= 0.3 is 5.97 Å². The van der Waals surface area contributed by atoms with Crippen LogP contribution < -0.4 is 5.73 Å². The number of nitriles is 1. The number of benzene rings is 1. The van der Waals surface area contributed by atoms with Crippen molar-refractivity contribution in [1.29, 1.82) is 5.26 Å². The van der Waals surface area contributed by atoms with Crippen LogP contribution >= 0.6 is 0 Å². The summed E-state index contributed by atoms with van der Waals surface area (Å²) in [5, 5.41) is 17.1.